The third-order valence-corrected chi connectivity index (χ3v) is 7.52. The Morgan fingerprint density at radius 2 is 1.81 bits per heavy atom. The van der Waals surface area contributed by atoms with E-state index in [9.17, 15) is 4.79 Å². The van der Waals surface area contributed by atoms with Gasteiger partial charge in [0.25, 0.3) is 0 Å². The Bertz CT molecular complexity index is 372. The summed E-state index contributed by atoms with van der Waals surface area (Å²) < 4.78 is 5.62. The average molecular weight is 238 g/mol. The van der Waals surface area contributed by atoms with Crippen LogP contribution in [0, 0.1) is 11.3 Å². The molecule has 0 aromatic rings. The molecule has 0 bridgehead atoms. The molecule has 0 radical (unpaired) electrons. The van der Waals surface area contributed by atoms with Gasteiger partial charge >= 0.3 is 5.97 Å². The van der Waals surface area contributed by atoms with Crippen molar-refractivity contribution in [2.75, 3.05) is 0 Å². The van der Waals surface area contributed by atoms with Gasteiger partial charge in [0.05, 0.1) is 14.0 Å². The molecule has 2 aliphatic rings. The number of cyclic esters (lactones) is 1. The SMILES string of the molecule is C=C1[C@H]2C(=O)OC(C(C)(C)C)[C@@]12[Si](C)(C)C. The number of carbonyl (C=O) groups excluding carboxylic acids is 1. The Morgan fingerprint density at radius 3 is 2.06 bits per heavy atom. The fourth-order valence-corrected chi connectivity index (χ4v) is 6.97. The van der Waals surface area contributed by atoms with Gasteiger partial charge < -0.3 is 4.74 Å². The van der Waals surface area contributed by atoms with Crippen LogP contribution in [0.4, 0.5) is 0 Å². The summed E-state index contributed by atoms with van der Waals surface area (Å²) in [6.07, 6.45) is 0.0247. The van der Waals surface area contributed by atoms with Gasteiger partial charge in [0.1, 0.15) is 6.10 Å². The molecule has 2 fully saturated rings. The second kappa shape index (κ2) is 2.81. The number of ether oxygens (including phenoxy) is 1. The number of rotatable bonds is 1. The highest BCUT2D eigenvalue weighted by molar-refractivity contribution is 6.82. The lowest BCUT2D eigenvalue weighted by atomic mass is 9.85. The van der Waals surface area contributed by atoms with Crippen molar-refractivity contribution in [1.82, 2.24) is 0 Å². The fraction of sp³-hybridized carbons (Fsp3) is 0.769. The zero-order chi connectivity index (χ0) is 12.5. The van der Waals surface area contributed by atoms with E-state index in [-0.39, 0.29) is 28.4 Å². The molecule has 0 N–H and O–H groups in total. The number of hydrogen-bond acceptors (Lipinski definition) is 2. The van der Waals surface area contributed by atoms with Crippen LogP contribution in [-0.2, 0) is 9.53 Å². The highest BCUT2D eigenvalue weighted by Gasteiger charge is 2.79. The molecule has 0 aromatic heterocycles. The van der Waals surface area contributed by atoms with Gasteiger partial charge in [-0.05, 0) is 5.41 Å². The van der Waals surface area contributed by atoms with Crippen molar-refractivity contribution in [3.63, 3.8) is 0 Å². The summed E-state index contributed by atoms with van der Waals surface area (Å²) in [6, 6.07) is 0. The van der Waals surface area contributed by atoms with Crippen LogP contribution < -0.4 is 0 Å². The Balaban J connectivity index is 2.50. The molecule has 90 valence electrons. The van der Waals surface area contributed by atoms with Crippen molar-refractivity contribution in [2.45, 2.75) is 51.6 Å². The van der Waals surface area contributed by atoms with Gasteiger partial charge in [-0.1, -0.05) is 52.6 Å². The van der Waals surface area contributed by atoms with Crippen molar-refractivity contribution in [1.29, 1.82) is 0 Å². The number of esters is 1. The van der Waals surface area contributed by atoms with Crippen LogP contribution in [0.15, 0.2) is 12.2 Å². The van der Waals surface area contributed by atoms with Crippen molar-refractivity contribution in [3.05, 3.63) is 12.2 Å². The minimum absolute atomic E-state index is 0.00231. The van der Waals surface area contributed by atoms with Crippen LogP contribution in [0.3, 0.4) is 0 Å². The van der Waals surface area contributed by atoms with Crippen molar-refractivity contribution < 1.29 is 9.53 Å². The molecule has 3 heteroatoms. The van der Waals surface area contributed by atoms with E-state index >= 15 is 0 Å². The molecule has 3 atom stereocenters. The Hall–Kier alpha value is -0.573. The van der Waals surface area contributed by atoms with Crippen LogP contribution in [0.5, 0.6) is 0 Å². The van der Waals surface area contributed by atoms with Gasteiger partial charge in [-0.15, -0.1) is 0 Å². The van der Waals surface area contributed by atoms with Crippen molar-refractivity contribution >= 4 is 14.0 Å². The van der Waals surface area contributed by atoms with Crippen molar-refractivity contribution in [2.24, 2.45) is 11.3 Å². The van der Waals surface area contributed by atoms with Gasteiger partial charge in [0.15, 0.2) is 0 Å². The first kappa shape index (κ1) is 11.9. The Labute approximate surface area is 99.1 Å². The summed E-state index contributed by atoms with van der Waals surface area (Å²) in [5.74, 6) is -0.0317. The molecule has 0 amide bonds. The maximum atomic E-state index is 11.9. The summed E-state index contributed by atoms with van der Waals surface area (Å²) in [5, 5.41) is 0.00231. The number of hydrogen-bond donors (Lipinski definition) is 0. The third kappa shape index (κ3) is 1.15. The molecule has 2 nitrogen and oxygen atoms in total. The highest BCUT2D eigenvalue weighted by atomic mass is 28.3. The largest absolute Gasteiger partial charge is 0.461 e. The van der Waals surface area contributed by atoms with Gasteiger partial charge in [-0.2, -0.15) is 0 Å². The van der Waals surface area contributed by atoms with E-state index in [1.165, 1.54) is 0 Å². The standard InChI is InChI=1S/C13H22O2Si/c1-8-9-10(14)15-11(12(2,3)4)13(8,9)16(5,6)7/h9,11H,1H2,2-7H3/t9-,11?,13+/m0/s1. The summed E-state index contributed by atoms with van der Waals surface area (Å²) in [4.78, 5) is 11.9. The van der Waals surface area contributed by atoms with Gasteiger partial charge in [0.2, 0.25) is 0 Å². The molecule has 1 unspecified atom stereocenters. The minimum Gasteiger partial charge on any atom is -0.461 e. The molecule has 0 spiro atoms. The summed E-state index contributed by atoms with van der Waals surface area (Å²) in [6.45, 7) is 17.6. The Morgan fingerprint density at radius 1 is 1.31 bits per heavy atom. The topological polar surface area (TPSA) is 26.3 Å². The fourth-order valence-electron chi connectivity index (χ4n) is 3.50. The summed E-state index contributed by atoms with van der Waals surface area (Å²) in [7, 11) is -1.50. The first-order valence-electron chi connectivity index (χ1n) is 5.94. The second-order valence-electron chi connectivity index (χ2n) is 7.26. The number of fused-ring (bicyclic) bond motifs is 1. The summed E-state index contributed by atoms with van der Waals surface area (Å²) >= 11 is 0. The predicted octanol–water partition coefficient (Wildman–Crippen LogP) is 3.22. The second-order valence-corrected chi connectivity index (χ2v) is 12.6. The highest BCUT2D eigenvalue weighted by Crippen LogP contribution is 2.78. The minimum atomic E-state index is -1.50. The smallest absolute Gasteiger partial charge is 0.314 e. The van der Waals surface area contributed by atoms with Crippen LogP contribution in [0.2, 0.25) is 24.7 Å². The molecule has 2 rings (SSSR count). The van der Waals surface area contributed by atoms with Gasteiger partial charge in [-0.3, -0.25) is 4.79 Å². The van der Waals surface area contributed by atoms with E-state index in [1.54, 1.807) is 0 Å². The van der Waals surface area contributed by atoms with Gasteiger partial charge in [-0.25, -0.2) is 0 Å². The lowest BCUT2D eigenvalue weighted by Gasteiger charge is -2.39. The van der Waals surface area contributed by atoms with Crippen LogP contribution in [-0.4, -0.2) is 20.1 Å². The average Bonchev–Trinajstić information content (AvgIpc) is 2.47. The maximum absolute atomic E-state index is 11.9. The molecular formula is C13H22O2Si. The lowest BCUT2D eigenvalue weighted by molar-refractivity contribution is -0.148. The normalized spacial score (nSPS) is 38.4. The Kier molecular flexibility index (Phi) is 2.09. The zero-order valence-corrected chi connectivity index (χ0v) is 12.2. The molecule has 1 aliphatic carbocycles. The van der Waals surface area contributed by atoms with Crippen molar-refractivity contribution in [3.8, 4) is 0 Å². The molecule has 1 heterocycles. The molecule has 0 aromatic carbocycles. The molecule has 1 saturated carbocycles. The third-order valence-electron chi connectivity index (χ3n) is 4.16. The van der Waals surface area contributed by atoms with E-state index in [4.69, 9.17) is 4.74 Å². The lowest BCUT2D eigenvalue weighted by Crippen LogP contribution is -2.44. The molecule has 1 aliphatic heterocycles. The number of carbonyl (C=O) groups is 1. The van der Waals surface area contributed by atoms with Crippen LogP contribution in [0.25, 0.3) is 0 Å². The summed E-state index contributed by atoms with van der Waals surface area (Å²) in [5.41, 5.74) is 1.15. The quantitative estimate of drug-likeness (QED) is 0.398. The predicted molar refractivity (Wildman–Crippen MR) is 68.0 cm³/mol. The maximum Gasteiger partial charge on any atom is 0.314 e. The van der Waals surface area contributed by atoms with Gasteiger partial charge in [0, 0.05) is 5.04 Å². The van der Waals surface area contributed by atoms with E-state index in [0.29, 0.717) is 0 Å². The van der Waals surface area contributed by atoms with E-state index in [2.05, 4.69) is 47.0 Å². The first-order valence-corrected chi connectivity index (χ1v) is 9.44. The molecule has 1 saturated heterocycles. The van der Waals surface area contributed by atoms with E-state index < -0.39 is 8.07 Å². The van der Waals surface area contributed by atoms with E-state index in [0.717, 1.165) is 5.57 Å². The van der Waals surface area contributed by atoms with E-state index in [1.807, 2.05) is 0 Å². The van der Waals surface area contributed by atoms with Crippen LogP contribution >= 0.6 is 0 Å². The molecular weight excluding hydrogens is 216 g/mol. The first-order chi connectivity index (χ1) is 7.04. The molecule has 16 heavy (non-hydrogen) atoms. The van der Waals surface area contributed by atoms with Crippen LogP contribution in [0.1, 0.15) is 20.8 Å². The zero-order valence-electron chi connectivity index (χ0n) is 11.2. The monoisotopic (exact) mass is 238 g/mol.